The van der Waals surface area contributed by atoms with Crippen LogP contribution in [-0.4, -0.2) is 81.2 Å². The zero-order valence-corrected chi connectivity index (χ0v) is 38.8. The molecular formula is C48H78NO10P. The average Bonchev–Trinajstić information content (AvgIpc) is 3.46. The summed E-state index contributed by atoms with van der Waals surface area (Å²) >= 11 is 0. The van der Waals surface area contributed by atoms with E-state index in [1.807, 2.05) is 33.3 Å². The van der Waals surface area contributed by atoms with E-state index in [1.165, 1.54) is 11.1 Å². The minimum atomic E-state index is -4.70. The molecule has 340 valence electrons. The molecular weight excluding hydrogens is 781 g/mol. The van der Waals surface area contributed by atoms with Gasteiger partial charge in [0.1, 0.15) is 31.3 Å². The molecule has 0 aliphatic heterocycles. The van der Waals surface area contributed by atoms with Gasteiger partial charge in [-0.25, -0.2) is 0 Å². The predicted octanol–water partition coefficient (Wildman–Crippen LogP) is 10.2. The van der Waals surface area contributed by atoms with E-state index in [9.17, 15) is 24.2 Å². The van der Waals surface area contributed by atoms with E-state index >= 15 is 0 Å². The molecule has 60 heavy (non-hydrogen) atoms. The number of nitrogens with zero attached hydrogens (tertiary/aromatic N) is 1. The van der Waals surface area contributed by atoms with Crippen LogP contribution in [0.2, 0.25) is 0 Å². The van der Waals surface area contributed by atoms with Gasteiger partial charge in [0.25, 0.3) is 7.82 Å². The summed E-state index contributed by atoms with van der Waals surface area (Å²) in [5, 5.41) is 10.3. The number of quaternary nitrogens is 1. The fourth-order valence-corrected chi connectivity index (χ4v) is 6.54. The Labute approximate surface area is 362 Å². The lowest BCUT2D eigenvalue weighted by Crippen LogP contribution is -2.37. The summed E-state index contributed by atoms with van der Waals surface area (Å²) in [4.78, 5) is 37.7. The summed E-state index contributed by atoms with van der Waals surface area (Å²) in [7, 11) is 1.00. The third-order valence-electron chi connectivity index (χ3n) is 9.53. The quantitative estimate of drug-likeness (QED) is 0.0175. The number of ether oxygens (including phenoxy) is 2. The highest BCUT2D eigenvalue weighted by Gasteiger charge is 2.22. The molecule has 0 bridgehead atoms. The minimum Gasteiger partial charge on any atom is -0.756 e. The van der Waals surface area contributed by atoms with Crippen LogP contribution in [0.15, 0.2) is 77.3 Å². The summed E-state index contributed by atoms with van der Waals surface area (Å²) < 4.78 is 39.8. The summed E-state index contributed by atoms with van der Waals surface area (Å²) in [5.41, 5.74) is 2.54. The van der Waals surface area contributed by atoms with Crippen LogP contribution >= 0.6 is 7.82 Å². The number of aliphatic hydroxyl groups is 1. The summed E-state index contributed by atoms with van der Waals surface area (Å²) in [6, 6.07) is 0. The Kier molecular flexibility index (Phi) is 30.4. The molecule has 0 radical (unpaired) electrons. The van der Waals surface area contributed by atoms with Crippen LogP contribution in [0.4, 0.5) is 0 Å². The number of rotatable bonds is 35. The number of carbonyl (C=O) groups is 2. The van der Waals surface area contributed by atoms with Crippen LogP contribution in [0, 0.1) is 13.8 Å². The van der Waals surface area contributed by atoms with Crippen molar-refractivity contribution in [3.8, 4) is 0 Å². The summed E-state index contributed by atoms with van der Waals surface area (Å²) in [6.07, 6.45) is 35.6. The molecule has 0 saturated carbocycles. The summed E-state index contributed by atoms with van der Waals surface area (Å²) in [5.74, 6) is 1.04. The smallest absolute Gasteiger partial charge is 0.306 e. The molecule has 3 atom stereocenters. The van der Waals surface area contributed by atoms with Gasteiger partial charge in [-0.3, -0.25) is 14.2 Å². The molecule has 1 aromatic heterocycles. The highest BCUT2D eigenvalue weighted by atomic mass is 31.2. The number of hydrogen-bond donors (Lipinski definition) is 1. The van der Waals surface area contributed by atoms with E-state index in [0.29, 0.717) is 17.4 Å². The highest BCUT2D eigenvalue weighted by Crippen LogP contribution is 2.38. The van der Waals surface area contributed by atoms with E-state index in [4.69, 9.17) is 22.9 Å². The first-order valence-corrected chi connectivity index (χ1v) is 23.6. The summed E-state index contributed by atoms with van der Waals surface area (Å²) in [6.45, 7) is 7.94. The second-order valence-corrected chi connectivity index (χ2v) is 17.5. The Bertz CT molecular complexity index is 1550. The first kappa shape index (κ1) is 54.7. The Morgan fingerprint density at radius 3 is 1.90 bits per heavy atom. The molecule has 0 aromatic carbocycles. The zero-order chi connectivity index (χ0) is 44.5. The molecule has 2 unspecified atom stereocenters. The van der Waals surface area contributed by atoms with Crippen molar-refractivity contribution < 1.29 is 51.6 Å². The van der Waals surface area contributed by atoms with E-state index < -0.39 is 45.2 Å². The standard InChI is InChI=1S/C48H78NO10P/c1-8-10-11-12-13-14-15-16-17-18-19-20-21-22-25-28-32-43(50)35-36-47(51)55-39-44(40-57-60(53,54)56-38-37-49(5,6)7)58-48(52)34-30-27-24-23-26-29-33-46-42(4)41(3)45(59-46)31-9-2/h10-11,13-14,16-17,19-20,22,25,28,32,43-44,50H,8-9,12,15,18,21,23-24,26-27,29-31,33-40H2,1-7H3/b11-10-,14-13-,17-16-,20-19-,25-22-,32-28-/t43?,44-/m1/s1. The minimum absolute atomic E-state index is 0.0797. The number of aliphatic hydroxyl groups excluding tert-OH is 1. The Balaban J connectivity index is 2.47. The lowest BCUT2D eigenvalue weighted by Gasteiger charge is -2.28. The Hall–Kier alpha value is -3.31. The maximum atomic E-state index is 12.7. The van der Waals surface area contributed by atoms with E-state index in [1.54, 1.807) is 12.2 Å². The molecule has 0 aliphatic rings. The number of allylic oxidation sites excluding steroid dienone is 11. The molecule has 0 spiro atoms. The Morgan fingerprint density at radius 1 is 0.733 bits per heavy atom. The molecule has 0 saturated heterocycles. The molecule has 11 nitrogen and oxygen atoms in total. The third kappa shape index (κ3) is 29.8. The van der Waals surface area contributed by atoms with Crippen molar-refractivity contribution in [1.29, 1.82) is 0 Å². The first-order chi connectivity index (χ1) is 28.7. The highest BCUT2D eigenvalue weighted by molar-refractivity contribution is 7.45. The van der Waals surface area contributed by atoms with Gasteiger partial charge in [-0.15, -0.1) is 0 Å². The van der Waals surface area contributed by atoms with Crippen molar-refractivity contribution in [3.05, 3.63) is 95.6 Å². The van der Waals surface area contributed by atoms with Gasteiger partial charge in [0.15, 0.2) is 6.10 Å². The maximum Gasteiger partial charge on any atom is 0.306 e. The van der Waals surface area contributed by atoms with Crippen LogP contribution in [0.1, 0.15) is 133 Å². The number of hydrogen-bond acceptors (Lipinski definition) is 10. The van der Waals surface area contributed by atoms with Crippen molar-refractivity contribution in [2.45, 2.75) is 149 Å². The lowest BCUT2D eigenvalue weighted by molar-refractivity contribution is -0.870. The van der Waals surface area contributed by atoms with E-state index in [-0.39, 0.29) is 25.9 Å². The molecule has 1 aromatic rings. The van der Waals surface area contributed by atoms with Gasteiger partial charge in [-0.2, -0.15) is 0 Å². The Morgan fingerprint density at radius 2 is 1.30 bits per heavy atom. The van der Waals surface area contributed by atoms with Gasteiger partial charge in [0.2, 0.25) is 0 Å². The largest absolute Gasteiger partial charge is 0.756 e. The van der Waals surface area contributed by atoms with Crippen molar-refractivity contribution >= 4 is 19.8 Å². The second kappa shape index (κ2) is 33.3. The molecule has 12 heteroatoms. The molecule has 1 N–H and O–H groups in total. The number of phosphoric ester groups is 1. The van der Waals surface area contributed by atoms with Gasteiger partial charge < -0.3 is 37.4 Å². The van der Waals surface area contributed by atoms with Gasteiger partial charge in [-0.05, 0) is 82.8 Å². The van der Waals surface area contributed by atoms with E-state index in [2.05, 4.69) is 76.3 Å². The molecule has 1 rings (SSSR count). The monoisotopic (exact) mass is 860 g/mol. The number of furan rings is 1. The fourth-order valence-electron chi connectivity index (χ4n) is 5.81. The number of phosphoric acid groups is 1. The number of aryl methyl sites for hydroxylation is 2. The van der Waals surface area contributed by atoms with Gasteiger partial charge >= 0.3 is 11.9 Å². The number of esters is 2. The molecule has 0 fully saturated rings. The average molecular weight is 860 g/mol. The van der Waals surface area contributed by atoms with Crippen molar-refractivity contribution in [2.24, 2.45) is 0 Å². The zero-order valence-electron chi connectivity index (χ0n) is 37.9. The topological polar surface area (TPSA) is 145 Å². The molecule has 1 heterocycles. The van der Waals surface area contributed by atoms with Crippen LogP contribution in [0.3, 0.4) is 0 Å². The molecule has 0 aliphatic carbocycles. The normalized spacial score (nSPS) is 14.8. The van der Waals surface area contributed by atoms with Crippen LogP contribution in [0.25, 0.3) is 0 Å². The second-order valence-electron chi connectivity index (χ2n) is 16.1. The number of likely N-dealkylation sites (N-methyl/N-ethyl adjacent to an activating group) is 1. The van der Waals surface area contributed by atoms with Crippen LogP contribution < -0.4 is 4.89 Å². The van der Waals surface area contributed by atoms with Crippen molar-refractivity contribution in [1.82, 2.24) is 0 Å². The van der Waals surface area contributed by atoms with Gasteiger partial charge in [-0.1, -0.05) is 112 Å². The van der Waals surface area contributed by atoms with Gasteiger partial charge in [0.05, 0.1) is 33.9 Å². The number of unbranched alkanes of at least 4 members (excludes halogenated alkanes) is 5. The predicted molar refractivity (Wildman–Crippen MR) is 240 cm³/mol. The van der Waals surface area contributed by atoms with E-state index in [0.717, 1.165) is 95.0 Å². The fraction of sp³-hybridized carbons (Fsp3) is 0.625. The number of carbonyl (C=O) groups excluding carboxylic acids is 2. The lowest BCUT2D eigenvalue weighted by atomic mass is 10.0. The van der Waals surface area contributed by atoms with Crippen LogP contribution in [0.5, 0.6) is 0 Å². The van der Waals surface area contributed by atoms with Crippen LogP contribution in [-0.2, 0) is 45.5 Å². The van der Waals surface area contributed by atoms with Crippen molar-refractivity contribution in [3.63, 3.8) is 0 Å². The molecule has 0 amide bonds. The maximum absolute atomic E-state index is 12.7. The SMILES string of the molecule is CC/C=C\C/C=C\C/C=C\C/C=C\C/C=C\C=C/C(O)CCC(=O)OC[C@H](COP(=O)([O-])OCC[N+](C)(C)C)OC(=O)CCCCCCCCc1oc(CCC)c(C)c1C. The van der Waals surface area contributed by atoms with Crippen molar-refractivity contribution in [2.75, 3.05) is 47.5 Å². The first-order valence-electron chi connectivity index (χ1n) is 22.1. The van der Waals surface area contributed by atoms with Gasteiger partial charge in [0, 0.05) is 25.7 Å². The third-order valence-corrected chi connectivity index (χ3v) is 10.5.